The lowest BCUT2D eigenvalue weighted by Gasteiger charge is -2.06. The molecule has 1 rings (SSSR count). The summed E-state index contributed by atoms with van der Waals surface area (Å²) in [5.41, 5.74) is 7.06. The van der Waals surface area contributed by atoms with Crippen molar-refractivity contribution >= 4 is 11.8 Å². The van der Waals surface area contributed by atoms with E-state index in [1.165, 1.54) is 0 Å². The van der Waals surface area contributed by atoms with E-state index in [1.54, 1.807) is 4.68 Å². The fourth-order valence-electron chi connectivity index (χ4n) is 1.04. The van der Waals surface area contributed by atoms with Gasteiger partial charge in [0.25, 0.3) is 0 Å². The van der Waals surface area contributed by atoms with Crippen LogP contribution in [0.5, 0.6) is 0 Å². The molecule has 1 aromatic rings. The molecule has 0 amide bonds. The van der Waals surface area contributed by atoms with Gasteiger partial charge in [-0.25, -0.2) is 0 Å². The average Bonchev–Trinajstić information content (AvgIpc) is 2.47. The van der Waals surface area contributed by atoms with Crippen LogP contribution in [-0.2, 0) is 7.05 Å². The minimum atomic E-state index is 0.145. The van der Waals surface area contributed by atoms with Crippen LogP contribution in [0.4, 0.5) is 0 Å². The summed E-state index contributed by atoms with van der Waals surface area (Å²) in [7, 11) is 1.91. The zero-order valence-electron chi connectivity index (χ0n) is 7.53. The van der Waals surface area contributed by atoms with Crippen LogP contribution in [0.15, 0.2) is 12.4 Å². The van der Waals surface area contributed by atoms with Gasteiger partial charge in [-0.05, 0) is 18.4 Å². The van der Waals surface area contributed by atoms with Crippen molar-refractivity contribution < 1.29 is 0 Å². The number of nitrogens with two attached hydrogens (primary N) is 1. The Labute approximate surface area is 77.3 Å². The Morgan fingerprint density at radius 3 is 3.00 bits per heavy atom. The minimum Gasteiger partial charge on any atom is -0.324 e. The van der Waals surface area contributed by atoms with E-state index < -0.39 is 0 Å². The first-order chi connectivity index (χ1) is 5.74. The monoisotopic (exact) mass is 185 g/mol. The van der Waals surface area contributed by atoms with Crippen LogP contribution >= 0.6 is 11.8 Å². The third-order valence-corrected chi connectivity index (χ3v) is 2.43. The summed E-state index contributed by atoms with van der Waals surface area (Å²) >= 11 is 1.82. The molecule has 0 fully saturated rings. The van der Waals surface area contributed by atoms with Gasteiger partial charge in [0, 0.05) is 24.8 Å². The van der Waals surface area contributed by atoms with Crippen LogP contribution in [0.2, 0.25) is 0 Å². The molecule has 0 aliphatic rings. The number of rotatable bonds is 4. The molecule has 2 N–H and O–H groups in total. The highest BCUT2D eigenvalue weighted by molar-refractivity contribution is 7.98. The van der Waals surface area contributed by atoms with E-state index in [4.69, 9.17) is 5.73 Å². The number of hydrogen-bond donors (Lipinski definition) is 1. The van der Waals surface area contributed by atoms with Crippen molar-refractivity contribution in [2.75, 3.05) is 12.0 Å². The molecule has 0 aliphatic heterocycles. The van der Waals surface area contributed by atoms with Crippen LogP contribution in [-0.4, -0.2) is 21.8 Å². The molecule has 1 heterocycles. The maximum Gasteiger partial charge on any atom is 0.0537 e. The van der Waals surface area contributed by atoms with E-state index in [2.05, 4.69) is 11.4 Å². The van der Waals surface area contributed by atoms with Gasteiger partial charge in [0.1, 0.15) is 0 Å². The normalized spacial score (nSPS) is 13.2. The van der Waals surface area contributed by atoms with Crippen molar-refractivity contribution in [3.63, 3.8) is 0 Å². The zero-order chi connectivity index (χ0) is 8.97. The second-order valence-electron chi connectivity index (χ2n) is 2.84. The molecular formula is C8H15N3S. The Morgan fingerprint density at radius 2 is 2.50 bits per heavy atom. The van der Waals surface area contributed by atoms with E-state index in [0.717, 1.165) is 17.7 Å². The maximum atomic E-state index is 5.93. The fraction of sp³-hybridized carbons (Fsp3) is 0.625. The van der Waals surface area contributed by atoms with Crippen LogP contribution in [0, 0.1) is 0 Å². The largest absolute Gasteiger partial charge is 0.324 e. The first kappa shape index (κ1) is 9.61. The van der Waals surface area contributed by atoms with E-state index >= 15 is 0 Å². The quantitative estimate of drug-likeness (QED) is 0.766. The third kappa shape index (κ3) is 2.53. The van der Waals surface area contributed by atoms with Crippen LogP contribution in [0.1, 0.15) is 18.0 Å². The van der Waals surface area contributed by atoms with Gasteiger partial charge in [-0.3, -0.25) is 4.68 Å². The number of thioether (sulfide) groups is 1. The zero-order valence-corrected chi connectivity index (χ0v) is 8.34. The average molecular weight is 185 g/mol. The van der Waals surface area contributed by atoms with Crippen molar-refractivity contribution in [2.45, 2.75) is 12.5 Å². The van der Waals surface area contributed by atoms with Crippen molar-refractivity contribution in [3.8, 4) is 0 Å². The highest BCUT2D eigenvalue weighted by atomic mass is 32.2. The number of hydrogen-bond acceptors (Lipinski definition) is 3. The summed E-state index contributed by atoms with van der Waals surface area (Å²) in [6.45, 7) is 0. The van der Waals surface area contributed by atoms with Crippen molar-refractivity contribution in [1.82, 2.24) is 9.78 Å². The molecule has 0 radical (unpaired) electrons. The summed E-state index contributed by atoms with van der Waals surface area (Å²) in [5, 5.41) is 4.08. The van der Waals surface area contributed by atoms with E-state index in [-0.39, 0.29) is 6.04 Å². The lowest BCUT2D eigenvalue weighted by Crippen LogP contribution is -2.10. The highest BCUT2D eigenvalue weighted by Crippen LogP contribution is 2.14. The molecule has 3 nitrogen and oxygen atoms in total. The van der Waals surface area contributed by atoms with Gasteiger partial charge >= 0.3 is 0 Å². The summed E-state index contributed by atoms with van der Waals surface area (Å²) in [6, 6.07) is 0.145. The third-order valence-electron chi connectivity index (χ3n) is 1.79. The van der Waals surface area contributed by atoms with Gasteiger partial charge in [-0.2, -0.15) is 16.9 Å². The molecule has 0 spiro atoms. The molecule has 4 heteroatoms. The summed E-state index contributed by atoms with van der Waals surface area (Å²) < 4.78 is 1.79. The standard InChI is InChI=1S/C8H15N3S/c1-11-6-7(5-10-11)8(9)3-4-12-2/h5-6,8H,3-4,9H2,1-2H3. The first-order valence-electron chi connectivity index (χ1n) is 3.97. The van der Waals surface area contributed by atoms with E-state index in [9.17, 15) is 0 Å². The minimum absolute atomic E-state index is 0.145. The van der Waals surface area contributed by atoms with Gasteiger partial charge in [0.15, 0.2) is 0 Å². The maximum absolute atomic E-state index is 5.93. The number of aromatic nitrogens is 2. The second-order valence-corrected chi connectivity index (χ2v) is 3.82. The van der Waals surface area contributed by atoms with Gasteiger partial charge in [-0.15, -0.1) is 0 Å². The molecule has 0 saturated carbocycles. The molecule has 0 aromatic carbocycles. The molecule has 0 bridgehead atoms. The Hall–Kier alpha value is -0.480. The SMILES string of the molecule is CSCCC(N)c1cnn(C)c1. The molecule has 12 heavy (non-hydrogen) atoms. The Morgan fingerprint density at radius 1 is 1.75 bits per heavy atom. The van der Waals surface area contributed by atoms with Crippen molar-refractivity contribution in [3.05, 3.63) is 18.0 Å². The molecule has 1 unspecified atom stereocenters. The van der Waals surface area contributed by atoms with Gasteiger partial charge in [0.2, 0.25) is 0 Å². The smallest absolute Gasteiger partial charge is 0.0537 e. The molecule has 68 valence electrons. The number of nitrogens with zero attached hydrogens (tertiary/aromatic N) is 2. The molecule has 1 atom stereocenters. The van der Waals surface area contributed by atoms with E-state index in [0.29, 0.717) is 0 Å². The lowest BCUT2D eigenvalue weighted by molar-refractivity contribution is 0.702. The van der Waals surface area contributed by atoms with Crippen LogP contribution in [0.3, 0.4) is 0 Å². The predicted octanol–water partition coefficient (Wildman–Crippen LogP) is 1.17. The van der Waals surface area contributed by atoms with Crippen LogP contribution < -0.4 is 5.73 Å². The molecule has 0 saturated heterocycles. The first-order valence-corrected chi connectivity index (χ1v) is 5.36. The topological polar surface area (TPSA) is 43.8 Å². The summed E-state index contributed by atoms with van der Waals surface area (Å²) in [4.78, 5) is 0. The molecular weight excluding hydrogens is 170 g/mol. The number of aryl methyl sites for hydroxylation is 1. The Bertz CT molecular complexity index is 234. The summed E-state index contributed by atoms with van der Waals surface area (Å²) in [6.07, 6.45) is 6.93. The van der Waals surface area contributed by atoms with Gasteiger partial charge in [0.05, 0.1) is 6.20 Å². The van der Waals surface area contributed by atoms with Crippen LogP contribution in [0.25, 0.3) is 0 Å². The lowest BCUT2D eigenvalue weighted by atomic mass is 10.1. The molecule has 1 aromatic heterocycles. The van der Waals surface area contributed by atoms with Crippen molar-refractivity contribution in [1.29, 1.82) is 0 Å². The molecule has 0 aliphatic carbocycles. The highest BCUT2D eigenvalue weighted by Gasteiger charge is 2.06. The van der Waals surface area contributed by atoms with Gasteiger partial charge in [-0.1, -0.05) is 0 Å². The Kier molecular flexibility index (Phi) is 3.62. The second kappa shape index (κ2) is 4.52. The van der Waals surface area contributed by atoms with E-state index in [1.807, 2.05) is 31.2 Å². The predicted molar refractivity (Wildman–Crippen MR) is 53.1 cm³/mol. The van der Waals surface area contributed by atoms with Gasteiger partial charge < -0.3 is 5.73 Å². The Balaban J connectivity index is 2.47. The van der Waals surface area contributed by atoms with Crippen molar-refractivity contribution in [2.24, 2.45) is 12.8 Å². The fourth-order valence-corrected chi connectivity index (χ4v) is 1.53. The summed E-state index contributed by atoms with van der Waals surface area (Å²) in [5.74, 6) is 1.11.